The van der Waals surface area contributed by atoms with Crippen molar-refractivity contribution in [1.82, 2.24) is 9.97 Å². The molecule has 4 nitrogen and oxygen atoms in total. The summed E-state index contributed by atoms with van der Waals surface area (Å²) in [4.78, 5) is 11.4. The molecule has 1 atom stereocenters. The summed E-state index contributed by atoms with van der Waals surface area (Å²) < 4.78 is 6.82. The van der Waals surface area contributed by atoms with Gasteiger partial charge in [0.25, 0.3) is 0 Å². The fourth-order valence-corrected chi connectivity index (χ4v) is 4.66. The predicted molar refractivity (Wildman–Crippen MR) is 107 cm³/mol. The maximum atomic E-state index is 5.73. The van der Waals surface area contributed by atoms with E-state index in [0.29, 0.717) is 0 Å². The minimum atomic E-state index is 0.283. The molecule has 0 radical (unpaired) electrons. The van der Waals surface area contributed by atoms with Crippen LogP contribution in [-0.4, -0.2) is 29.2 Å². The highest BCUT2D eigenvalue weighted by Crippen LogP contribution is 2.41. The number of hydrogen-bond donors (Lipinski definition) is 1. The summed E-state index contributed by atoms with van der Waals surface area (Å²) in [5, 5.41) is 4.64. The number of hydrogen-bond acceptors (Lipinski definition) is 5. The molecular formula is C19H20BrN3OS. The van der Waals surface area contributed by atoms with Crippen LogP contribution in [0, 0.1) is 0 Å². The molecule has 6 heteroatoms. The Morgan fingerprint density at radius 2 is 2.12 bits per heavy atom. The average Bonchev–Trinajstić information content (AvgIpc) is 3.28. The van der Waals surface area contributed by atoms with Crippen molar-refractivity contribution >= 4 is 43.3 Å². The van der Waals surface area contributed by atoms with Gasteiger partial charge < -0.3 is 10.1 Å². The van der Waals surface area contributed by atoms with Crippen LogP contribution in [0.25, 0.3) is 21.3 Å². The Morgan fingerprint density at radius 3 is 2.84 bits per heavy atom. The van der Waals surface area contributed by atoms with Crippen LogP contribution in [0.1, 0.15) is 24.6 Å². The number of halogens is 1. The number of nitrogens with zero attached hydrogens (tertiary/aromatic N) is 2. The number of ether oxygens (including phenoxy) is 1. The van der Waals surface area contributed by atoms with Gasteiger partial charge in [0.05, 0.1) is 11.5 Å². The molecule has 0 spiro atoms. The molecule has 3 aromatic rings. The first-order valence-corrected chi connectivity index (χ1v) is 10.2. The second-order valence-electron chi connectivity index (χ2n) is 6.18. The number of thiophene rings is 1. The molecule has 1 aliphatic heterocycles. The summed E-state index contributed by atoms with van der Waals surface area (Å²) in [5.41, 5.74) is 2.46. The molecule has 1 aliphatic rings. The van der Waals surface area contributed by atoms with E-state index in [2.05, 4.69) is 62.4 Å². The molecule has 0 bridgehead atoms. The highest BCUT2D eigenvalue weighted by atomic mass is 79.9. The molecule has 0 saturated carbocycles. The van der Waals surface area contributed by atoms with Crippen LogP contribution in [0.4, 0.5) is 5.82 Å². The van der Waals surface area contributed by atoms with Crippen LogP contribution in [0.5, 0.6) is 0 Å². The lowest BCUT2D eigenvalue weighted by atomic mass is 10.0. The summed E-state index contributed by atoms with van der Waals surface area (Å²) in [6.45, 7) is 3.86. The Bertz CT molecular complexity index is 872. The minimum Gasteiger partial charge on any atom is -0.376 e. The molecule has 1 N–H and O–H groups in total. The standard InChI is InChI=1S/C19H20BrN3OS/c1-2-15-16(12-5-7-13(20)8-6-12)17-18(22-11-23-19(17)25-15)21-10-14-4-3-9-24-14/h5-8,11,14H,2-4,9-10H2,1H3,(H,21,22,23). The van der Waals surface area contributed by atoms with Crippen molar-refractivity contribution in [2.45, 2.75) is 32.3 Å². The van der Waals surface area contributed by atoms with Crippen molar-refractivity contribution in [3.8, 4) is 11.1 Å². The van der Waals surface area contributed by atoms with Crippen molar-refractivity contribution in [1.29, 1.82) is 0 Å². The zero-order valence-corrected chi connectivity index (χ0v) is 16.5. The van der Waals surface area contributed by atoms with E-state index >= 15 is 0 Å². The van der Waals surface area contributed by atoms with E-state index in [1.54, 1.807) is 17.7 Å². The van der Waals surface area contributed by atoms with Gasteiger partial charge in [-0.15, -0.1) is 11.3 Å². The predicted octanol–water partition coefficient (Wildman–Crippen LogP) is 5.27. The first kappa shape index (κ1) is 16.9. The highest BCUT2D eigenvalue weighted by Gasteiger charge is 2.20. The van der Waals surface area contributed by atoms with Crippen LogP contribution in [0.15, 0.2) is 35.1 Å². The number of fused-ring (bicyclic) bond motifs is 1. The number of aromatic nitrogens is 2. The topological polar surface area (TPSA) is 47.0 Å². The molecule has 1 fully saturated rings. The van der Waals surface area contributed by atoms with Crippen molar-refractivity contribution < 1.29 is 4.74 Å². The van der Waals surface area contributed by atoms with E-state index in [1.165, 1.54) is 16.0 Å². The number of nitrogens with one attached hydrogen (secondary N) is 1. The zero-order chi connectivity index (χ0) is 17.2. The second-order valence-corrected chi connectivity index (χ2v) is 8.18. The third kappa shape index (κ3) is 3.43. The smallest absolute Gasteiger partial charge is 0.138 e. The van der Waals surface area contributed by atoms with Gasteiger partial charge in [0.15, 0.2) is 0 Å². The van der Waals surface area contributed by atoms with Crippen LogP contribution < -0.4 is 5.32 Å². The summed E-state index contributed by atoms with van der Waals surface area (Å²) >= 11 is 5.28. The van der Waals surface area contributed by atoms with Gasteiger partial charge in [-0.3, -0.25) is 0 Å². The summed E-state index contributed by atoms with van der Waals surface area (Å²) in [6.07, 6.45) is 5.18. The average molecular weight is 418 g/mol. The van der Waals surface area contributed by atoms with Crippen molar-refractivity contribution in [3.63, 3.8) is 0 Å². The van der Waals surface area contributed by atoms with Crippen LogP contribution in [0.2, 0.25) is 0 Å². The van der Waals surface area contributed by atoms with Gasteiger partial charge in [-0.05, 0) is 37.0 Å². The Labute approximate surface area is 159 Å². The molecular weight excluding hydrogens is 398 g/mol. The molecule has 0 amide bonds. The molecule has 0 aliphatic carbocycles. The first-order valence-electron chi connectivity index (χ1n) is 8.64. The van der Waals surface area contributed by atoms with Gasteiger partial charge in [-0.1, -0.05) is 35.0 Å². The first-order chi connectivity index (χ1) is 12.3. The zero-order valence-electron chi connectivity index (χ0n) is 14.1. The quantitative estimate of drug-likeness (QED) is 0.613. The van der Waals surface area contributed by atoms with Gasteiger partial charge in [0, 0.05) is 28.1 Å². The van der Waals surface area contributed by atoms with Crippen LogP contribution >= 0.6 is 27.3 Å². The highest BCUT2D eigenvalue weighted by molar-refractivity contribution is 9.10. The third-order valence-corrected chi connectivity index (χ3v) is 6.31. The number of anilines is 1. The van der Waals surface area contributed by atoms with Crippen molar-refractivity contribution in [2.75, 3.05) is 18.5 Å². The van der Waals surface area contributed by atoms with E-state index in [-0.39, 0.29) is 6.10 Å². The van der Waals surface area contributed by atoms with E-state index in [0.717, 1.165) is 52.9 Å². The SMILES string of the molecule is CCc1sc2ncnc(NCC3CCCO3)c2c1-c1ccc(Br)cc1. The van der Waals surface area contributed by atoms with Gasteiger partial charge in [-0.25, -0.2) is 9.97 Å². The lowest BCUT2D eigenvalue weighted by Gasteiger charge is -2.13. The maximum absolute atomic E-state index is 5.73. The van der Waals surface area contributed by atoms with Gasteiger partial charge in [0.2, 0.25) is 0 Å². The largest absolute Gasteiger partial charge is 0.376 e. The Kier molecular flexibility index (Phi) is 5.01. The number of rotatable bonds is 5. The Morgan fingerprint density at radius 1 is 1.28 bits per heavy atom. The fourth-order valence-electron chi connectivity index (χ4n) is 3.30. The Balaban J connectivity index is 1.78. The molecule has 1 aromatic carbocycles. The maximum Gasteiger partial charge on any atom is 0.138 e. The molecule has 1 unspecified atom stereocenters. The molecule has 2 aromatic heterocycles. The van der Waals surface area contributed by atoms with E-state index in [4.69, 9.17) is 4.74 Å². The van der Waals surface area contributed by atoms with Gasteiger partial charge >= 0.3 is 0 Å². The number of aryl methyl sites for hydroxylation is 1. The second kappa shape index (κ2) is 7.40. The van der Waals surface area contributed by atoms with E-state index < -0.39 is 0 Å². The number of benzene rings is 1. The summed E-state index contributed by atoms with van der Waals surface area (Å²) in [6, 6.07) is 8.48. The monoisotopic (exact) mass is 417 g/mol. The lowest BCUT2D eigenvalue weighted by molar-refractivity contribution is 0.120. The minimum absolute atomic E-state index is 0.283. The van der Waals surface area contributed by atoms with Crippen molar-refractivity contribution in [3.05, 3.63) is 39.9 Å². The molecule has 1 saturated heterocycles. The fraction of sp³-hybridized carbons (Fsp3) is 0.368. The van der Waals surface area contributed by atoms with Crippen LogP contribution in [0.3, 0.4) is 0 Å². The van der Waals surface area contributed by atoms with E-state index in [1.807, 2.05) is 0 Å². The van der Waals surface area contributed by atoms with Crippen LogP contribution in [-0.2, 0) is 11.2 Å². The van der Waals surface area contributed by atoms with Gasteiger partial charge in [-0.2, -0.15) is 0 Å². The molecule has 130 valence electrons. The Hall–Kier alpha value is -1.50. The summed E-state index contributed by atoms with van der Waals surface area (Å²) in [5.74, 6) is 0.911. The summed E-state index contributed by atoms with van der Waals surface area (Å²) in [7, 11) is 0. The van der Waals surface area contributed by atoms with Gasteiger partial charge in [0.1, 0.15) is 17.0 Å². The van der Waals surface area contributed by atoms with E-state index in [9.17, 15) is 0 Å². The normalized spacial score (nSPS) is 17.3. The van der Waals surface area contributed by atoms with Crippen molar-refractivity contribution in [2.24, 2.45) is 0 Å². The molecule has 4 rings (SSSR count). The lowest BCUT2D eigenvalue weighted by Crippen LogP contribution is -2.19. The molecule has 25 heavy (non-hydrogen) atoms. The third-order valence-electron chi connectivity index (χ3n) is 4.54. The molecule has 3 heterocycles.